The van der Waals surface area contributed by atoms with Crippen molar-refractivity contribution >= 4 is 17.8 Å². The summed E-state index contributed by atoms with van der Waals surface area (Å²) in [5, 5.41) is 29.3. The van der Waals surface area contributed by atoms with Gasteiger partial charge in [0.2, 0.25) is 0 Å². The predicted molar refractivity (Wildman–Crippen MR) is 181 cm³/mol. The molecule has 14 nitrogen and oxygen atoms in total. The van der Waals surface area contributed by atoms with Crippen molar-refractivity contribution in [3.05, 3.63) is 0 Å². The molecule has 1 amide bonds. The molecule has 0 spiro atoms. The Labute approximate surface area is 291 Å². The number of aliphatic hydroxyl groups excluding tert-OH is 2. The van der Waals surface area contributed by atoms with Crippen LogP contribution in [0.3, 0.4) is 0 Å². The van der Waals surface area contributed by atoms with Crippen molar-refractivity contribution < 1.29 is 48.3 Å². The molecule has 4 aliphatic rings. The molecule has 4 aliphatic heterocycles. The molecule has 4 rings (SSSR count). The molecule has 282 valence electrons. The lowest BCUT2D eigenvalue weighted by atomic mass is 9.80. The molecule has 4 heterocycles. The van der Waals surface area contributed by atoms with Gasteiger partial charge in [-0.25, -0.2) is 4.79 Å². The number of methoxy groups -OCH3 is 1. The summed E-state index contributed by atoms with van der Waals surface area (Å²) in [6.07, 6.45) is -3.15. The minimum Gasteiger partial charge on any atom is -0.458 e. The summed E-state index contributed by atoms with van der Waals surface area (Å²) in [6.45, 7) is 14.0. The standard InChI is InChI=1S/C35H62N4O10/c1-10-27-35(6)30(37-33(44)49-35)22(4)36-18-20(2)17-34(5,45-9)31(21(3)24(40)16-28(42)47-27)48-32-29(43)23(38(7)8)15-26(46-32)25(41)19-39-13-11-12-14-39/h20-23,25-27,29-32,36,41,43H,10-19H2,1-9H3,(H,37,44)/t20-,21+,22-,23?,25?,26?,27-,29?,30-,31-,32+,34-,35-/m1/s1. The van der Waals surface area contributed by atoms with E-state index in [1.54, 1.807) is 21.0 Å². The van der Waals surface area contributed by atoms with Crippen LogP contribution in [0.2, 0.25) is 0 Å². The first-order valence-corrected chi connectivity index (χ1v) is 18.1. The number of amides is 1. The van der Waals surface area contributed by atoms with E-state index < -0.39 is 84.2 Å². The lowest BCUT2D eigenvalue weighted by Crippen LogP contribution is -2.61. The normalized spacial score (nSPS) is 42.5. The van der Waals surface area contributed by atoms with Crippen LogP contribution in [0.4, 0.5) is 4.79 Å². The van der Waals surface area contributed by atoms with Gasteiger partial charge in [0.15, 0.2) is 11.9 Å². The summed E-state index contributed by atoms with van der Waals surface area (Å²) in [7, 11) is 5.29. The number of hydrogen-bond donors (Lipinski definition) is 4. The maximum atomic E-state index is 13.9. The van der Waals surface area contributed by atoms with Crippen LogP contribution in [-0.2, 0) is 33.3 Å². The van der Waals surface area contributed by atoms with Gasteiger partial charge in [-0.15, -0.1) is 0 Å². The number of nitrogens with zero attached hydrogens (tertiary/aromatic N) is 2. The van der Waals surface area contributed by atoms with E-state index in [0.717, 1.165) is 25.9 Å². The Morgan fingerprint density at radius 1 is 1.12 bits per heavy atom. The molecular weight excluding hydrogens is 636 g/mol. The van der Waals surface area contributed by atoms with Gasteiger partial charge in [0, 0.05) is 31.7 Å². The maximum Gasteiger partial charge on any atom is 0.408 e. The molecule has 0 aromatic carbocycles. The Balaban J connectivity index is 1.64. The van der Waals surface area contributed by atoms with Gasteiger partial charge in [0.25, 0.3) is 0 Å². The highest BCUT2D eigenvalue weighted by Crippen LogP contribution is 2.37. The monoisotopic (exact) mass is 698 g/mol. The van der Waals surface area contributed by atoms with Crippen LogP contribution < -0.4 is 10.6 Å². The number of aliphatic hydroxyl groups is 2. The third-order valence-electron chi connectivity index (χ3n) is 11.4. The van der Waals surface area contributed by atoms with Gasteiger partial charge in [-0.05, 0) is 92.5 Å². The molecule has 0 aromatic heterocycles. The summed E-state index contributed by atoms with van der Waals surface area (Å²) in [4.78, 5) is 43.9. The first-order valence-electron chi connectivity index (χ1n) is 18.1. The average molecular weight is 699 g/mol. The second kappa shape index (κ2) is 16.6. The molecule has 0 radical (unpaired) electrons. The summed E-state index contributed by atoms with van der Waals surface area (Å²) >= 11 is 0. The van der Waals surface area contributed by atoms with Crippen molar-refractivity contribution in [3.63, 3.8) is 0 Å². The number of ketones is 1. The zero-order valence-electron chi connectivity index (χ0n) is 31.0. The number of β-amino-alcohol motifs (C(OH)–C–C–N with tert-alkyl or cyclic N) is 1. The van der Waals surface area contributed by atoms with Crippen molar-refractivity contribution in [3.8, 4) is 0 Å². The van der Waals surface area contributed by atoms with Gasteiger partial charge in [-0.3, -0.25) is 9.59 Å². The Morgan fingerprint density at radius 3 is 2.41 bits per heavy atom. The fraction of sp³-hybridized carbons (Fsp3) is 0.914. The molecule has 0 aliphatic carbocycles. The summed E-state index contributed by atoms with van der Waals surface area (Å²) in [5.41, 5.74) is -2.22. The van der Waals surface area contributed by atoms with E-state index in [0.29, 0.717) is 32.4 Å². The summed E-state index contributed by atoms with van der Waals surface area (Å²) in [5.74, 6) is -2.04. The number of esters is 1. The van der Waals surface area contributed by atoms with Crippen molar-refractivity contribution in [2.75, 3.05) is 47.4 Å². The first-order chi connectivity index (χ1) is 23.0. The average Bonchev–Trinajstić information content (AvgIpc) is 3.67. The minimum absolute atomic E-state index is 0.00295. The van der Waals surface area contributed by atoms with Crippen LogP contribution in [0.5, 0.6) is 0 Å². The van der Waals surface area contributed by atoms with E-state index in [9.17, 15) is 24.6 Å². The number of ether oxygens (including phenoxy) is 5. The van der Waals surface area contributed by atoms with Gasteiger partial charge in [-0.2, -0.15) is 0 Å². The molecule has 14 heteroatoms. The quantitative estimate of drug-likeness (QED) is 0.213. The molecule has 4 fully saturated rings. The lowest BCUT2D eigenvalue weighted by Gasteiger charge is -2.47. The molecule has 4 N–H and O–H groups in total. The Hall–Kier alpha value is -1.91. The van der Waals surface area contributed by atoms with Crippen LogP contribution in [0.25, 0.3) is 0 Å². The second-order valence-electron chi connectivity index (χ2n) is 15.5. The number of carbonyl (C=O) groups excluding carboxylic acids is 3. The molecule has 0 bridgehead atoms. The highest BCUT2D eigenvalue weighted by molar-refractivity contribution is 5.97. The predicted octanol–water partition coefficient (Wildman–Crippen LogP) is 1.44. The van der Waals surface area contributed by atoms with Gasteiger partial charge in [-0.1, -0.05) is 20.8 Å². The molecule has 13 atom stereocenters. The molecule has 0 saturated carbocycles. The van der Waals surface area contributed by atoms with Crippen molar-refractivity contribution in [1.29, 1.82) is 0 Å². The SMILES string of the molecule is CC[C@H]1OC(=O)CC(=O)[C@H](C)[C@@H](O[C@@H]2OC(C(O)CN3CCCC3)CC(N(C)C)C2O)[C@](C)(OC)C[C@@H](C)CN[C@H](C)[C@H]2NC(=O)O[C@@]21C. The van der Waals surface area contributed by atoms with Crippen molar-refractivity contribution in [2.45, 2.75) is 146 Å². The Morgan fingerprint density at radius 2 is 1.80 bits per heavy atom. The van der Waals surface area contributed by atoms with Gasteiger partial charge in [0.1, 0.15) is 24.4 Å². The molecule has 49 heavy (non-hydrogen) atoms. The van der Waals surface area contributed by atoms with E-state index in [-0.39, 0.29) is 18.0 Å². The van der Waals surface area contributed by atoms with Gasteiger partial charge >= 0.3 is 12.1 Å². The van der Waals surface area contributed by atoms with Crippen LogP contribution in [0.1, 0.15) is 80.1 Å². The van der Waals surface area contributed by atoms with Crippen LogP contribution in [0.15, 0.2) is 0 Å². The number of carbonyl (C=O) groups is 3. The highest BCUT2D eigenvalue weighted by atomic mass is 16.7. The fourth-order valence-corrected chi connectivity index (χ4v) is 8.34. The highest BCUT2D eigenvalue weighted by Gasteiger charge is 2.55. The zero-order chi connectivity index (χ0) is 36.3. The third-order valence-corrected chi connectivity index (χ3v) is 11.4. The minimum atomic E-state index is -1.18. The number of nitrogens with one attached hydrogen (secondary N) is 2. The Bertz CT molecular complexity index is 1140. The number of likely N-dealkylation sites (N-methyl/N-ethyl adjacent to an activating group) is 1. The van der Waals surface area contributed by atoms with Crippen molar-refractivity contribution in [2.24, 2.45) is 11.8 Å². The van der Waals surface area contributed by atoms with Crippen LogP contribution >= 0.6 is 0 Å². The maximum absolute atomic E-state index is 13.9. The van der Waals surface area contributed by atoms with Crippen molar-refractivity contribution in [1.82, 2.24) is 20.4 Å². The van der Waals surface area contributed by atoms with Crippen LogP contribution in [-0.4, -0.2) is 151 Å². The number of fused-ring (bicyclic) bond motifs is 1. The fourth-order valence-electron chi connectivity index (χ4n) is 8.34. The zero-order valence-corrected chi connectivity index (χ0v) is 31.0. The summed E-state index contributed by atoms with van der Waals surface area (Å²) < 4.78 is 30.8. The Kier molecular flexibility index (Phi) is 13.5. The van der Waals surface area contributed by atoms with E-state index in [1.165, 1.54) is 0 Å². The van der Waals surface area contributed by atoms with Gasteiger partial charge in [0.05, 0.1) is 30.0 Å². The first kappa shape index (κ1) is 39.9. The smallest absolute Gasteiger partial charge is 0.408 e. The van der Waals surface area contributed by atoms with E-state index in [4.69, 9.17) is 23.7 Å². The third kappa shape index (κ3) is 9.12. The van der Waals surface area contributed by atoms with Crippen LogP contribution in [0, 0.1) is 11.8 Å². The van der Waals surface area contributed by atoms with E-state index in [1.807, 2.05) is 39.8 Å². The number of Topliss-reactive ketones (excluding diaryl/α,β-unsaturated/α-hetero) is 1. The topological polar surface area (TPSA) is 168 Å². The molecular formula is C35H62N4O10. The number of likely N-dealkylation sites (tertiary alicyclic amines) is 1. The number of rotatable bonds is 8. The van der Waals surface area contributed by atoms with E-state index in [2.05, 4.69) is 22.5 Å². The summed E-state index contributed by atoms with van der Waals surface area (Å²) in [6, 6.07) is -1.14. The number of alkyl carbamates (subject to hydrolysis) is 1. The van der Waals surface area contributed by atoms with Gasteiger partial charge < -0.3 is 54.3 Å². The van der Waals surface area contributed by atoms with E-state index >= 15 is 0 Å². The molecule has 0 aromatic rings. The lowest BCUT2D eigenvalue weighted by molar-refractivity contribution is -0.306. The number of hydrogen-bond acceptors (Lipinski definition) is 13. The number of cyclic esters (lactones) is 1. The largest absolute Gasteiger partial charge is 0.458 e. The second-order valence-corrected chi connectivity index (χ2v) is 15.5. The molecule has 4 saturated heterocycles. The molecule has 4 unspecified atom stereocenters.